The summed E-state index contributed by atoms with van der Waals surface area (Å²) >= 11 is 0. The summed E-state index contributed by atoms with van der Waals surface area (Å²) in [6.45, 7) is 1.93. The SMILES string of the molecule is CC=Cc1ccc(OC(=O)C=Cc2ccc(OC)c(OC)c2)c(OC)c1. The molecule has 2 aromatic carbocycles. The molecule has 5 heteroatoms. The summed E-state index contributed by atoms with van der Waals surface area (Å²) in [6, 6.07) is 10.7. The van der Waals surface area contributed by atoms with E-state index in [0.717, 1.165) is 11.1 Å². The Labute approximate surface area is 153 Å². The van der Waals surface area contributed by atoms with Crippen LogP contribution in [-0.4, -0.2) is 27.3 Å². The van der Waals surface area contributed by atoms with Gasteiger partial charge in [0.2, 0.25) is 0 Å². The molecule has 0 amide bonds. The molecule has 136 valence electrons. The molecule has 26 heavy (non-hydrogen) atoms. The molecule has 0 spiro atoms. The van der Waals surface area contributed by atoms with Crippen molar-refractivity contribution in [2.45, 2.75) is 6.92 Å². The number of carbonyl (C=O) groups excluding carboxylic acids is 1. The average Bonchev–Trinajstić information content (AvgIpc) is 2.67. The van der Waals surface area contributed by atoms with Crippen LogP contribution in [0.15, 0.2) is 48.6 Å². The Hall–Kier alpha value is -3.21. The van der Waals surface area contributed by atoms with Gasteiger partial charge in [0, 0.05) is 6.08 Å². The number of allylic oxidation sites excluding steroid dienone is 1. The van der Waals surface area contributed by atoms with Gasteiger partial charge in [0.1, 0.15) is 0 Å². The molecule has 5 nitrogen and oxygen atoms in total. The third-order valence-corrected chi connectivity index (χ3v) is 3.58. The molecule has 0 aliphatic carbocycles. The van der Waals surface area contributed by atoms with Crippen molar-refractivity contribution in [3.63, 3.8) is 0 Å². The molecule has 0 radical (unpaired) electrons. The zero-order valence-electron chi connectivity index (χ0n) is 15.3. The number of benzene rings is 2. The smallest absolute Gasteiger partial charge is 0.336 e. The Morgan fingerprint density at radius 2 is 1.31 bits per heavy atom. The van der Waals surface area contributed by atoms with Crippen LogP contribution in [-0.2, 0) is 4.79 Å². The molecular formula is C21H22O5. The first kappa shape index (κ1) is 19.1. The quantitative estimate of drug-likeness (QED) is 0.420. The molecule has 0 aliphatic rings. The summed E-state index contributed by atoms with van der Waals surface area (Å²) in [5.41, 5.74) is 1.75. The summed E-state index contributed by atoms with van der Waals surface area (Å²) in [4.78, 5) is 12.1. The van der Waals surface area contributed by atoms with Crippen molar-refractivity contribution in [2.75, 3.05) is 21.3 Å². The van der Waals surface area contributed by atoms with Crippen molar-refractivity contribution in [3.8, 4) is 23.0 Å². The topological polar surface area (TPSA) is 54.0 Å². The van der Waals surface area contributed by atoms with Crippen LogP contribution in [0.4, 0.5) is 0 Å². The first-order valence-corrected chi connectivity index (χ1v) is 8.04. The molecule has 0 bridgehead atoms. The maximum atomic E-state index is 12.1. The van der Waals surface area contributed by atoms with Gasteiger partial charge in [-0.3, -0.25) is 0 Å². The van der Waals surface area contributed by atoms with Crippen molar-refractivity contribution in [2.24, 2.45) is 0 Å². The largest absolute Gasteiger partial charge is 0.493 e. The number of rotatable bonds is 7. The average molecular weight is 354 g/mol. The van der Waals surface area contributed by atoms with Gasteiger partial charge in [-0.1, -0.05) is 24.3 Å². The van der Waals surface area contributed by atoms with Gasteiger partial charge in [-0.15, -0.1) is 0 Å². The number of methoxy groups -OCH3 is 3. The second kappa shape index (κ2) is 9.32. The van der Waals surface area contributed by atoms with Crippen LogP contribution < -0.4 is 18.9 Å². The van der Waals surface area contributed by atoms with E-state index in [1.807, 2.05) is 31.2 Å². The second-order valence-corrected chi connectivity index (χ2v) is 5.28. The Morgan fingerprint density at radius 3 is 1.88 bits per heavy atom. The third-order valence-electron chi connectivity index (χ3n) is 3.58. The lowest BCUT2D eigenvalue weighted by molar-refractivity contribution is -0.129. The maximum Gasteiger partial charge on any atom is 0.336 e. The minimum atomic E-state index is -0.503. The van der Waals surface area contributed by atoms with Crippen LogP contribution in [0, 0.1) is 0 Å². The van der Waals surface area contributed by atoms with E-state index in [0.29, 0.717) is 23.0 Å². The molecule has 2 aromatic rings. The zero-order valence-corrected chi connectivity index (χ0v) is 15.3. The lowest BCUT2D eigenvalue weighted by atomic mass is 10.2. The minimum Gasteiger partial charge on any atom is -0.493 e. The predicted molar refractivity (Wildman–Crippen MR) is 102 cm³/mol. The van der Waals surface area contributed by atoms with Crippen LogP contribution in [0.2, 0.25) is 0 Å². The van der Waals surface area contributed by atoms with Crippen molar-refractivity contribution >= 4 is 18.1 Å². The monoisotopic (exact) mass is 354 g/mol. The molecule has 2 rings (SSSR count). The van der Waals surface area contributed by atoms with E-state index in [4.69, 9.17) is 18.9 Å². The predicted octanol–water partition coefficient (Wildman–Crippen LogP) is 4.36. The Kier molecular flexibility index (Phi) is 6.85. The van der Waals surface area contributed by atoms with E-state index in [1.54, 1.807) is 44.6 Å². The molecule has 0 saturated carbocycles. The van der Waals surface area contributed by atoms with E-state index in [9.17, 15) is 4.79 Å². The molecule has 0 heterocycles. The fourth-order valence-electron chi connectivity index (χ4n) is 2.33. The summed E-state index contributed by atoms with van der Waals surface area (Å²) in [7, 11) is 4.66. The van der Waals surface area contributed by atoms with Crippen molar-refractivity contribution in [1.82, 2.24) is 0 Å². The number of hydrogen-bond donors (Lipinski definition) is 0. The van der Waals surface area contributed by atoms with Crippen LogP contribution in [0.1, 0.15) is 18.1 Å². The summed E-state index contributed by atoms with van der Waals surface area (Å²) in [5.74, 6) is 1.57. The Bertz CT molecular complexity index is 821. The van der Waals surface area contributed by atoms with Gasteiger partial charge >= 0.3 is 5.97 Å². The molecule has 0 N–H and O–H groups in total. The Morgan fingerprint density at radius 1 is 0.769 bits per heavy atom. The first-order chi connectivity index (χ1) is 12.6. The minimum absolute atomic E-state index is 0.364. The highest BCUT2D eigenvalue weighted by atomic mass is 16.6. The molecular weight excluding hydrogens is 332 g/mol. The molecule has 0 atom stereocenters. The van der Waals surface area contributed by atoms with Crippen LogP contribution >= 0.6 is 0 Å². The van der Waals surface area contributed by atoms with Gasteiger partial charge in [-0.25, -0.2) is 4.79 Å². The molecule has 0 saturated heterocycles. The van der Waals surface area contributed by atoms with Crippen LogP contribution in [0.25, 0.3) is 12.2 Å². The highest BCUT2D eigenvalue weighted by Crippen LogP contribution is 2.29. The highest BCUT2D eigenvalue weighted by Gasteiger charge is 2.09. The molecule has 0 fully saturated rings. The summed E-state index contributed by atoms with van der Waals surface area (Å²) in [6.07, 6.45) is 6.85. The van der Waals surface area contributed by atoms with E-state index in [1.165, 1.54) is 13.2 Å². The second-order valence-electron chi connectivity index (χ2n) is 5.28. The fourth-order valence-corrected chi connectivity index (χ4v) is 2.33. The van der Waals surface area contributed by atoms with Crippen molar-refractivity contribution in [1.29, 1.82) is 0 Å². The summed E-state index contributed by atoms with van der Waals surface area (Å²) < 4.78 is 21.1. The van der Waals surface area contributed by atoms with Crippen molar-refractivity contribution in [3.05, 3.63) is 59.7 Å². The number of hydrogen-bond acceptors (Lipinski definition) is 5. The zero-order chi connectivity index (χ0) is 18.9. The standard InChI is InChI=1S/C21H22O5/c1-5-6-15-8-11-18(20(13-15)25-4)26-21(22)12-9-16-7-10-17(23-2)19(14-16)24-3/h5-14H,1-4H3. The highest BCUT2D eigenvalue weighted by molar-refractivity contribution is 5.89. The lowest BCUT2D eigenvalue weighted by Gasteiger charge is -2.09. The normalized spacial score (nSPS) is 10.9. The van der Waals surface area contributed by atoms with Gasteiger partial charge in [0.05, 0.1) is 21.3 Å². The van der Waals surface area contributed by atoms with Gasteiger partial charge in [-0.2, -0.15) is 0 Å². The van der Waals surface area contributed by atoms with Gasteiger partial charge < -0.3 is 18.9 Å². The van der Waals surface area contributed by atoms with Gasteiger partial charge in [0.15, 0.2) is 23.0 Å². The van der Waals surface area contributed by atoms with E-state index in [2.05, 4.69) is 0 Å². The first-order valence-electron chi connectivity index (χ1n) is 8.04. The Balaban J connectivity index is 2.12. The maximum absolute atomic E-state index is 12.1. The fraction of sp³-hybridized carbons (Fsp3) is 0.190. The molecule has 0 aliphatic heterocycles. The van der Waals surface area contributed by atoms with Crippen LogP contribution in [0.5, 0.6) is 23.0 Å². The number of ether oxygens (including phenoxy) is 4. The van der Waals surface area contributed by atoms with Crippen molar-refractivity contribution < 1.29 is 23.7 Å². The number of esters is 1. The lowest BCUT2D eigenvalue weighted by Crippen LogP contribution is -2.05. The summed E-state index contributed by atoms with van der Waals surface area (Å²) in [5, 5.41) is 0. The van der Waals surface area contributed by atoms with Gasteiger partial charge in [0.25, 0.3) is 0 Å². The van der Waals surface area contributed by atoms with E-state index in [-0.39, 0.29) is 0 Å². The van der Waals surface area contributed by atoms with Crippen LogP contribution in [0.3, 0.4) is 0 Å². The molecule has 0 aromatic heterocycles. The third kappa shape index (κ3) is 4.89. The van der Waals surface area contributed by atoms with E-state index >= 15 is 0 Å². The molecule has 0 unspecified atom stereocenters. The van der Waals surface area contributed by atoms with Gasteiger partial charge in [-0.05, 0) is 48.4 Å². The van der Waals surface area contributed by atoms with E-state index < -0.39 is 5.97 Å². The number of carbonyl (C=O) groups is 1.